The lowest BCUT2D eigenvalue weighted by Gasteiger charge is -2.10. The third-order valence-electron chi connectivity index (χ3n) is 1.52. The molecule has 1 atom stereocenters. The van der Waals surface area contributed by atoms with Crippen LogP contribution in [0.5, 0.6) is 0 Å². The molecule has 1 aliphatic rings. The Morgan fingerprint density at radius 1 is 1.67 bits per heavy atom. The number of thioether (sulfide) groups is 1. The van der Waals surface area contributed by atoms with Gasteiger partial charge in [-0.1, -0.05) is 6.08 Å². The summed E-state index contributed by atoms with van der Waals surface area (Å²) in [6.07, 6.45) is 10.3. The van der Waals surface area contributed by atoms with Gasteiger partial charge in [-0.3, -0.25) is 0 Å². The second kappa shape index (κ2) is 3.83. The number of rotatable bonds is 1. The van der Waals surface area contributed by atoms with Crippen LogP contribution in [0.3, 0.4) is 0 Å². The molecule has 0 saturated heterocycles. The Kier molecular flexibility index (Phi) is 2.98. The molecule has 0 radical (unpaired) electrons. The molecule has 1 nitrogen and oxygen atoms in total. The lowest BCUT2D eigenvalue weighted by atomic mass is 10.2. The van der Waals surface area contributed by atoms with Crippen molar-refractivity contribution >= 4 is 11.8 Å². The summed E-state index contributed by atoms with van der Waals surface area (Å²) in [5.74, 6) is 0. The first-order valence-corrected chi connectivity index (χ1v) is 4.66. The highest BCUT2D eigenvalue weighted by Gasteiger charge is 2.04. The first-order valence-electron chi connectivity index (χ1n) is 3.37. The lowest BCUT2D eigenvalue weighted by molar-refractivity contribution is 0.689. The van der Waals surface area contributed by atoms with Gasteiger partial charge in [0.2, 0.25) is 0 Å². The largest absolute Gasteiger partial charge is 0.379 e. The van der Waals surface area contributed by atoms with E-state index in [4.69, 9.17) is 0 Å². The molecular formula is C7H13NS. The summed E-state index contributed by atoms with van der Waals surface area (Å²) in [4.78, 5) is 0. The summed E-state index contributed by atoms with van der Waals surface area (Å²) >= 11 is 1.90. The first-order chi connectivity index (χ1) is 4.43. The van der Waals surface area contributed by atoms with Gasteiger partial charge in [0.1, 0.15) is 0 Å². The minimum Gasteiger partial charge on any atom is -0.379 e. The van der Waals surface area contributed by atoms with E-state index in [-0.39, 0.29) is 0 Å². The fourth-order valence-corrected chi connectivity index (χ4v) is 1.57. The van der Waals surface area contributed by atoms with Gasteiger partial charge in [0.05, 0.1) is 5.37 Å². The average Bonchev–Trinajstić information content (AvgIpc) is 2.13. The standard InChI is InChI=1S/C7H13NS/c1-9-7-5-3-2-4-6-8-7/h4,6-8H,2-3,5H2,1H3. The van der Waals surface area contributed by atoms with E-state index in [9.17, 15) is 0 Å². The molecule has 52 valence electrons. The molecule has 1 aliphatic heterocycles. The van der Waals surface area contributed by atoms with E-state index >= 15 is 0 Å². The Hall–Kier alpha value is -0.110. The van der Waals surface area contributed by atoms with Crippen LogP contribution in [0, 0.1) is 0 Å². The van der Waals surface area contributed by atoms with Gasteiger partial charge in [0.15, 0.2) is 0 Å². The minimum absolute atomic E-state index is 0.656. The van der Waals surface area contributed by atoms with Gasteiger partial charge in [-0.25, -0.2) is 0 Å². The predicted molar refractivity (Wildman–Crippen MR) is 43.4 cm³/mol. The van der Waals surface area contributed by atoms with Crippen molar-refractivity contribution in [1.82, 2.24) is 5.32 Å². The van der Waals surface area contributed by atoms with E-state index in [0.29, 0.717) is 5.37 Å². The summed E-state index contributed by atoms with van der Waals surface area (Å²) in [6, 6.07) is 0. The third-order valence-corrected chi connectivity index (χ3v) is 2.46. The second-order valence-corrected chi connectivity index (χ2v) is 3.26. The van der Waals surface area contributed by atoms with Crippen LogP contribution in [0.15, 0.2) is 12.3 Å². The van der Waals surface area contributed by atoms with E-state index in [1.54, 1.807) is 0 Å². The number of hydrogen-bond acceptors (Lipinski definition) is 2. The maximum atomic E-state index is 3.31. The van der Waals surface area contributed by atoms with E-state index in [2.05, 4.69) is 23.8 Å². The van der Waals surface area contributed by atoms with Crippen LogP contribution in [0.2, 0.25) is 0 Å². The maximum absolute atomic E-state index is 3.31. The summed E-state index contributed by atoms with van der Waals surface area (Å²) in [7, 11) is 0. The molecule has 1 unspecified atom stereocenters. The third kappa shape index (κ3) is 2.31. The molecule has 0 bridgehead atoms. The van der Waals surface area contributed by atoms with Gasteiger partial charge in [0.25, 0.3) is 0 Å². The van der Waals surface area contributed by atoms with Crippen LogP contribution >= 0.6 is 11.8 Å². The molecule has 0 aromatic heterocycles. The molecule has 0 aliphatic carbocycles. The molecule has 0 aromatic rings. The number of nitrogens with one attached hydrogen (secondary N) is 1. The Balaban J connectivity index is 2.29. The van der Waals surface area contributed by atoms with Gasteiger partial charge < -0.3 is 5.32 Å². The Morgan fingerprint density at radius 3 is 3.33 bits per heavy atom. The van der Waals surface area contributed by atoms with Crippen molar-refractivity contribution in [2.45, 2.75) is 24.6 Å². The van der Waals surface area contributed by atoms with Crippen molar-refractivity contribution in [2.75, 3.05) is 6.26 Å². The van der Waals surface area contributed by atoms with Gasteiger partial charge in [0, 0.05) is 0 Å². The zero-order valence-corrected chi connectivity index (χ0v) is 6.58. The van der Waals surface area contributed by atoms with Crippen LogP contribution in [-0.4, -0.2) is 11.6 Å². The van der Waals surface area contributed by atoms with E-state index in [1.807, 2.05) is 11.8 Å². The van der Waals surface area contributed by atoms with Crippen LogP contribution in [0.25, 0.3) is 0 Å². The molecule has 1 N–H and O–H groups in total. The van der Waals surface area contributed by atoms with Gasteiger partial charge in [-0.15, -0.1) is 11.8 Å². The topological polar surface area (TPSA) is 12.0 Å². The number of hydrogen-bond donors (Lipinski definition) is 1. The molecule has 1 rings (SSSR count). The zero-order valence-electron chi connectivity index (χ0n) is 5.76. The fraction of sp³-hybridized carbons (Fsp3) is 0.714. The van der Waals surface area contributed by atoms with Crippen molar-refractivity contribution in [3.05, 3.63) is 12.3 Å². The van der Waals surface area contributed by atoms with Crippen molar-refractivity contribution in [3.63, 3.8) is 0 Å². The monoisotopic (exact) mass is 143 g/mol. The predicted octanol–water partition coefficient (Wildman–Crippen LogP) is 1.96. The molecule has 0 saturated carbocycles. The highest BCUT2D eigenvalue weighted by atomic mass is 32.2. The van der Waals surface area contributed by atoms with Crippen LogP contribution < -0.4 is 5.32 Å². The van der Waals surface area contributed by atoms with Crippen LogP contribution in [-0.2, 0) is 0 Å². The SMILES string of the molecule is CSC1CCCC=CN1. The maximum Gasteiger partial charge on any atom is 0.0714 e. The second-order valence-electron chi connectivity index (χ2n) is 2.22. The highest BCUT2D eigenvalue weighted by Crippen LogP contribution is 2.13. The summed E-state index contributed by atoms with van der Waals surface area (Å²) in [6.45, 7) is 0. The summed E-state index contributed by atoms with van der Waals surface area (Å²) in [5, 5.41) is 3.97. The number of allylic oxidation sites excluding steroid dienone is 1. The van der Waals surface area contributed by atoms with Gasteiger partial charge >= 0.3 is 0 Å². The molecular weight excluding hydrogens is 130 g/mol. The molecule has 9 heavy (non-hydrogen) atoms. The quantitative estimate of drug-likeness (QED) is 0.602. The van der Waals surface area contributed by atoms with E-state index < -0.39 is 0 Å². The molecule has 0 amide bonds. The van der Waals surface area contributed by atoms with Crippen LogP contribution in [0.4, 0.5) is 0 Å². The van der Waals surface area contributed by atoms with Crippen molar-refractivity contribution in [3.8, 4) is 0 Å². The van der Waals surface area contributed by atoms with Crippen molar-refractivity contribution in [1.29, 1.82) is 0 Å². The first kappa shape index (κ1) is 7.00. The highest BCUT2D eigenvalue weighted by molar-refractivity contribution is 7.99. The molecule has 2 heteroatoms. The lowest BCUT2D eigenvalue weighted by Crippen LogP contribution is -2.18. The summed E-state index contributed by atoms with van der Waals surface area (Å²) < 4.78 is 0. The van der Waals surface area contributed by atoms with Gasteiger partial charge in [-0.05, 0) is 31.7 Å². The normalized spacial score (nSPS) is 27.0. The Morgan fingerprint density at radius 2 is 2.56 bits per heavy atom. The Labute approximate surface area is 60.9 Å². The van der Waals surface area contributed by atoms with E-state index in [1.165, 1.54) is 19.3 Å². The smallest absolute Gasteiger partial charge is 0.0714 e. The average molecular weight is 143 g/mol. The van der Waals surface area contributed by atoms with Crippen molar-refractivity contribution in [2.24, 2.45) is 0 Å². The molecule has 0 fully saturated rings. The fourth-order valence-electron chi connectivity index (χ4n) is 0.949. The van der Waals surface area contributed by atoms with E-state index in [0.717, 1.165) is 0 Å². The Bertz CT molecular complexity index is 101. The van der Waals surface area contributed by atoms with Gasteiger partial charge in [-0.2, -0.15) is 0 Å². The molecule has 0 spiro atoms. The van der Waals surface area contributed by atoms with Crippen molar-refractivity contribution < 1.29 is 0 Å². The minimum atomic E-state index is 0.656. The summed E-state index contributed by atoms with van der Waals surface area (Å²) in [5.41, 5.74) is 0. The van der Waals surface area contributed by atoms with Crippen LogP contribution in [0.1, 0.15) is 19.3 Å². The molecule has 0 aromatic carbocycles. The zero-order chi connectivity index (χ0) is 6.53. The molecule has 1 heterocycles.